The monoisotopic (exact) mass is 104 g/mol. The van der Waals surface area contributed by atoms with E-state index in [9.17, 15) is 4.79 Å². The second kappa shape index (κ2) is 3.03. The predicted molar refractivity (Wildman–Crippen MR) is 27.0 cm³/mol. The van der Waals surface area contributed by atoms with Gasteiger partial charge in [-0.3, -0.25) is 4.79 Å². The Labute approximate surface area is 41.1 Å². The molecule has 6 heavy (non-hydrogen) atoms. The average Bonchev–Trinajstić information content (AvgIpc) is 1.35. The van der Waals surface area contributed by atoms with Crippen LogP contribution in [0.5, 0.6) is 0 Å². The third-order valence-corrected chi connectivity index (χ3v) is 0.733. The molecule has 0 aliphatic rings. The van der Waals surface area contributed by atoms with E-state index in [4.69, 9.17) is 5.73 Å². The SMILES string of the molecule is [CH2]SCC(N)=O. The molecule has 0 fully saturated rings. The van der Waals surface area contributed by atoms with Crippen LogP contribution in [0.25, 0.3) is 0 Å². The van der Waals surface area contributed by atoms with Gasteiger partial charge >= 0.3 is 0 Å². The fourth-order valence-corrected chi connectivity index (χ4v) is 0.302. The molecule has 1 radical (unpaired) electrons. The van der Waals surface area contributed by atoms with E-state index < -0.39 is 0 Å². The minimum Gasteiger partial charge on any atom is -0.369 e. The highest BCUT2D eigenvalue weighted by atomic mass is 32.2. The molecule has 0 aromatic heterocycles. The van der Waals surface area contributed by atoms with Gasteiger partial charge in [0.1, 0.15) is 0 Å². The predicted octanol–water partition coefficient (Wildman–Crippen LogP) is -0.00351. The Morgan fingerprint density at radius 1 is 2.00 bits per heavy atom. The summed E-state index contributed by atoms with van der Waals surface area (Å²) < 4.78 is 0. The van der Waals surface area contributed by atoms with Crippen molar-refractivity contribution in [2.24, 2.45) is 5.73 Å². The van der Waals surface area contributed by atoms with Crippen molar-refractivity contribution in [2.45, 2.75) is 0 Å². The van der Waals surface area contributed by atoms with E-state index in [-0.39, 0.29) is 5.91 Å². The fourth-order valence-electron chi connectivity index (χ4n) is 0.101. The number of primary amides is 1. The number of hydrogen-bond donors (Lipinski definition) is 1. The van der Waals surface area contributed by atoms with Gasteiger partial charge in [0.05, 0.1) is 5.75 Å². The van der Waals surface area contributed by atoms with Crippen molar-refractivity contribution in [1.29, 1.82) is 0 Å². The summed E-state index contributed by atoms with van der Waals surface area (Å²) in [5, 5.41) is 0. The van der Waals surface area contributed by atoms with Crippen LogP contribution in [0, 0.1) is 6.26 Å². The van der Waals surface area contributed by atoms with Gasteiger partial charge in [0.15, 0.2) is 0 Å². The van der Waals surface area contributed by atoms with Crippen LogP contribution < -0.4 is 5.73 Å². The molecule has 2 nitrogen and oxygen atoms in total. The lowest BCUT2D eigenvalue weighted by molar-refractivity contribution is -0.115. The Kier molecular flexibility index (Phi) is 2.94. The Bertz CT molecular complexity index is 54.8. The van der Waals surface area contributed by atoms with Gasteiger partial charge in [-0.2, -0.15) is 11.8 Å². The Hall–Kier alpha value is -0.180. The van der Waals surface area contributed by atoms with Crippen molar-refractivity contribution in [3.8, 4) is 0 Å². The standard InChI is InChI=1S/C3H6NOS/c1-6-2-3(4)5/h1-2H2,(H2,4,5). The third-order valence-electron chi connectivity index (χ3n) is 0.244. The number of carbonyl (C=O) groups excluding carboxylic acids is 1. The molecule has 3 heteroatoms. The largest absolute Gasteiger partial charge is 0.369 e. The molecule has 0 unspecified atom stereocenters. The summed E-state index contributed by atoms with van der Waals surface area (Å²) in [6.07, 6.45) is 3.34. The Morgan fingerprint density at radius 2 is 2.50 bits per heavy atom. The first-order valence-corrected chi connectivity index (χ1v) is 2.58. The van der Waals surface area contributed by atoms with Crippen LogP contribution >= 0.6 is 11.8 Å². The van der Waals surface area contributed by atoms with E-state index in [0.29, 0.717) is 5.75 Å². The highest BCUT2D eigenvalue weighted by Gasteiger charge is 1.84. The molecule has 35 valence electrons. The smallest absolute Gasteiger partial charge is 0.227 e. The lowest BCUT2D eigenvalue weighted by Gasteiger charge is -1.81. The molecule has 0 aliphatic heterocycles. The van der Waals surface area contributed by atoms with Gasteiger partial charge in [-0.1, -0.05) is 0 Å². The minimum atomic E-state index is -0.310. The molecule has 0 atom stereocenters. The second-order valence-electron chi connectivity index (χ2n) is 0.815. The molecule has 2 N–H and O–H groups in total. The number of rotatable bonds is 2. The number of carbonyl (C=O) groups is 1. The summed E-state index contributed by atoms with van der Waals surface area (Å²) in [6, 6.07) is 0. The number of thioether (sulfide) groups is 1. The van der Waals surface area contributed by atoms with Gasteiger partial charge in [-0.25, -0.2) is 0 Å². The third kappa shape index (κ3) is 3.82. The fraction of sp³-hybridized carbons (Fsp3) is 0.333. The van der Waals surface area contributed by atoms with Crippen LogP contribution in [0.15, 0.2) is 0 Å². The van der Waals surface area contributed by atoms with Crippen molar-refractivity contribution in [2.75, 3.05) is 5.75 Å². The topological polar surface area (TPSA) is 43.1 Å². The highest BCUT2D eigenvalue weighted by molar-refractivity contribution is 8.01. The van der Waals surface area contributed by atoms with Crippen LogP contribution in [0.2, 0.25) is 0 Å². The van der Waals surface area contributed by atoms with Crippen LogP contribution in [-0.2, 0) is 4.79 Å². The lowest BCUT2D eigenvalue weighted by atomic mass is 10.8. The second-order valence-corrected chi connectivity index (χ2v) is 1.51. The minimum absolute atomic E-state index is 0.310. The molecule has 0 saturated heterocycles. The first-order chi connectivity index (χ1) is 2.77. The van der Waals surface area contributed by atoms with E-state index in [1.54, 1.807) is 0 Å². The molecule has 0 rings (SSSR count). The average molecular weight is 104 g/mol. The first-order valence-electron chi connectivity index (χ1n) is 1.42. The van der Waals surface area contributed by atoms with Crippen molar-refractivity contribution in [3.63, 3.8) is 0 Å². The quantitative estimate of drug-likeness (QED) is 0.535. The van der Waals surface area contributed by atoms with Crippen molar-refractivity contribution < 1.29 is 4.79 Å². The number of amides is 1. The summed E-state index contributed by atoms with van der Waals surface area (Å²) in [6.45, 7) is 0. The van der Waals surface area contributed by atoms with Crippen LogP contribution in [0.1, 0.15) is 0 Å². The van der Waals surface area contributed by atoms with Gasteiger partial charge in [0.25, 0.3) is 0 Å². The molecule has 0 aromatic carbocycles. The van der Waals surface area contributed by atoms with Crippen molar-refractivity contribution in [1.82, 2.24) is 0 Å². The molecule has 0 spiro atoms. The van der Waals surface area contributed by atoms with E-state index in [0.717, 1.165) is 0 Å². The molecular formula is C3H6NOS. The van der Waals surface area contributed by atoms with E-state index in [1.807, 2.05) is 0 Å². The van der Waals surface area contributed by atoms with Gasteiger partial charge in [-0.15, -0.1) is 0 Å². The summed E-state index contributed by atoms with van der Waals surface area (Å²) in [7, 11) is 0. The van der Waals surface area contributed by atoms with Crippen molar-refractivity contribution in [3.05, 3.63) is 6.26 Å². The zero-order chi connectivity index (χ0) is 4.99. The molecule has 0 aliphatic carbocycles. The summed E-state index contributed by atoms with van der Waals surface area (Å²) in [5.41, 5.74) is 4.70. The first kappa shape index (κ1) is 5.82. The van der Waals surface area contributed by atoms with E-state index in [1.165, 1.54) is 11.8 Å². The van der Waals surface area contributed by atoms with Gasteiger partial charge in [-0.05, 0) is 0 Å². The zero-order valence-electron chi connectivity index (χ0n) is 3.31. The van der Waals surface area contributed by atoms with Crippen LogP contribution in [0.4, 0.5) is 0 Å². The molecular weight excluding hydrogens is 98.1 g/mol. The zero-order valence-corrected chi connectivity index (χ0v) is 4.12. The maximum absolute atomic E-state index is 9.76. The van der Waals surface area contributed by atoms with Gasteiger partial charge in [0.2, 0.25) is 5.91 Å². The maximum Gasteiger partial charge on any atom is 0.227 e. The number of nitrogens with two attached hydrogens (primary N) is 1. The van der Waals surface area contributed by atoms with Gasteiger partial charge < -0.3 is 5.73 Å². The summed E-state index contributed by atoms with van der Waals surface area (Å²) in [4.78, 5) is 9.76. The lowest BCUT2D eigenvalue weighted by Crippen LogP contribution is -2.12. The summed E-state index contributed by atoms with van der Waals surface area (Å²) in [5.74, 6) is 0.00926. The molecule has 1 amide bonds. The van der Waals surface area contributed by atoms with Crippen LogP contribution in [-0.4, -0.2) is 11.7 Å². The number of hydrogen-bond acceptors (Lipinski definition) is 2. The maximum atomic E-state index is 9.76. The summed E-state index contributed by atoms with van der Waals surface area (Å²) >= 11 is 1.19. The highest BCUT2D eigenvalue weighted by Crippen LogP contribution is 1.89. The Morgan fingerprint density at radius 3 is 2.50 bits per heavy atom. The van der Waals surface area contributed by atoms with Crippen LogP contribution in [0.3, 0.4) is 0 Å². The van der Waals surface area contributed by atoms with Crippen molar-refractivity contribution >= 4 is 17.7 Å². The van der Waals surface area contributed by atoms with Gasteiger partial charge in [0, 0.05) is 6.26 Å². The molecule has 0 saturated carbocycles. The Balaban J connectivity index is 2.83. The molecule has 0 heterocycles. The van der Waals surface area contributed by atoms with E-state index >= 15 is 0 Å². The molecule has 0 bridgehead atoms. The van der Waals surface area contributed by atoms with E-state index in [2.05, 4.69) is 6.26 Å². The molecule has 0 aromatic rings. The normalized spacial score (nSPS) is 8.17.